The molecule has 0 bridgehead atoms. The molecule has 1 N–H and O–H groups in total. The molecule has 0 aliphatic carbocycles. The fourth-order valence-electron chi connectivity index (χ4n) is 3.18. The zero-order valence-corrected chi connectivity index (χ0v) is 17.8. The molecule has 6 nitrogen and oxygen atoms in total. The van der Waals surface area contributed by atoms with Crippen LogP contribution in [0.25, 0.3) is 5.70 Å². The van der Waals surface area contributed by atoms with Crippen molar-refractivity contribution in [3.63, 3.8) is 0 Å². The average Bonchev–Trinajstić information content (AvgIpc) is 2.71. The smallest absolute Gasteiger partial charge is 0.276 e. The lowest BCUT2D eigenvalue weighted by atomic mass is 10.1. The number of carbonyl (C=O) groups is 1. The molecule has 1 amide bonds. The van der Waals surface area contributed by atoms with Gasteiger partial charge in [0.2, 0.25) is 0 Å². The van der Waals surface area contributed by atoms with E-state index in [4.69, 9.17) is 10.1 Å². The molecule has 2 aromatic rings. The van der Waals surface area contributed by atoms with Gasteiger partial charge in [0, 0.05) is 33.4 Å². The maximum absolute atomic E-state index is 13.0. The van der Waals surface area contributed by atoms with E-state index in [0.717, 1.165) is 39.2 Å². The van der Waals surface area contributed by atoms with Crippen molar-refractivity contribution < 1.29 is 4.79 Å². The fraction of sp³-hybridized carbons (Fsp3) is 0.300. The van der Waals surface area contributed by atoms with Gasteiger partial charge in [-0.3, -0.25) is 20.1 Å². The minimum atomic E-state index is -0.422. The molecule has 1 atom stereocenters. The molecule has 1 unspecified atom stereocenters. The number of nitrogens with zero attached hydrogens (tertiary/aromatic N) is 4. The van der Waals surface area contributed by atoms with Gasteiger partial charge in [-0.15, -0.1) is 5.10 Å². The number of carbonyl (C=O) groups excluding carboxylic acids is 1. The van der Waals surface area contributed by atoms with E-state index in [2.05, 4.69) is 33.2 Å². The molecule has 0 radical (unpaired) electrons. The Morgan fingerprint density at radius 3 is 2.96 bits per heavy atom. The second-order valence-electron chi connectivity index (χ2n) is 6.56. The highest BCUT2D eigenvalue weighted by Crippen LogP contribution is 2.30. The fourth-order valence-corrected chi connectivity index (χ4v) is 4.40. The normalized spacial score (nSPS) is 18.0. The number of amides is 1. The summed E-state index contributed by atoms with van der Waals surface area (Å²) >= 11 is 5.07. The monoisotopic (exact) mass is 457 g/mol. The Balaban J connectivity index is 1.79. The predicted molar refractivity (Wildman–Crippen MR) is 115 cm³/mol. The summed E-state index contributed by atoms with van der Waals surface area (Å²) < 4.78 is 0.894. The molecule has 1 aromatic heterocycles. The van der Waals surface area contributed by atoms with E-state index < -0.39 is 6.17 Å². The number of hydrazone groups is 1. The Bertz CT molecular complexity index is 1040. The number of unbranched alkanes of at least 4 members (excludes halogenated alkanes) is 2. The molecule has 2 aliphatic heterocycles. The number of rotatable bonds is 5. The lowest BCUT2D eigenvalue weighted by Crippen LogP contribution is -2.50. The molecule has 0 fully saturated rings. The van der Waals surface area contributed by atoms with E-state index in [1.54, 1.807) is 29.2 Å². The third-order valence-electron chi connectivity index (χ3n) is 4.54. The number of hydrogen-bond donors (Lipinski definition) is 1. The summed E-state index contributed by atoms with van der Waals surface area (Å²) in [6.07, 6.45) is 6.50. The standard InChI is InChI=1S/C20H20BrN5OS/c1-2-3-4-10-28-20-24-19(27)17-15-11-14(21)7-8-16(15)23-18(26(17)25-20)13-6-5-9-22-12-13/h5-9,11-12,18H,2-4,10H2,1H3,(H,24,25,27). The quantitative estimate of drug-likeness (QED) is 0.700. The van der Waals surface area contributed by atoms with E-state index in [1.165, 1.54) is 6.42 Å². The van der Waals surface area contributed by atoms with Crippen LogP contribution in [0.5, 0.6) is 0 Å². The van der Waals surface area contributed by atoms with E-state index in [1.807, 2.05) is 30.3 Å². The number of aromatic nitrogens is 1. The van der Waals surface area contributed by atoms with E-state index in [9.17, 15) is 4.79 Å². The van der Waals surface area contributed by atoms with Crippen LogP contribution in [0.3, 0.4) is 0 Å². The number of thioether (sulfide) groups is 1. The van der Waals surface area contributed by atoms with Crippen LogP contribution in [0.2, 0.25) is 0 Å². The van der Waals surface area contributed by atoms with Gasteiger partial charge in [-0.1, -0.05) is 53.5 Å². The summed E-state index contributed by atoms with van der Waals surface area (Å²) in [7, 11) is 0. The van der Waals surface area contributed by atoms with Crippen molar-refractivity contribution in [1.29, 1.82) is 0 Å². The first-order chi connectivity index (χ1) is 13.7. The summed E-state index contributed by atoms with van der Waals surface area (Å²) in [4.78, 5) is 22.1. The van der Waals surface area contributed by atoms with Gasteiger partial charge in [0.15, 0.2) is 11.3 Å². The number of nitrogens with one attached hydrogen (secondary N) is 1. The van der Waals surface area contributed by atoms with Crippen molar-refractivity contribution in [3.05, 3.63) is 63.3 Å². The molecule has 144 valence electrons. The van der Waals surface area contributed by atoms with Gasteiger partial charge in [0.05, 0.1) is 5.36 Å². The summed E-state index contributed by atoms with van der Waals surface area (Å²) in [6.45, 7) is 2.18. The second kappa shape index (κ2) is 8.45. The summed E-state index contributed by atoms with van der Waals surface area (Å²) in [5.41, 5.74) is 1.40. The maximum Gasteiger partial charge on any atom is 0.276 e. The van der Waals surface area contributed by atoms with E-state index >= 15 is 0 Å². The number of benzene rings is 1. The first kappa shape index (κ1) is 19.1. The summed E-state index contributed by atoms with van der Waals surface area (Å²) in [5.74, 6) is 0.767. The van der Waals surface area contributed by atoms with Gasteiger partial charge in [0.1, 0.15) is 5.70 Å². The molecule has 3 heterocycles. The average molecular weight is 458 g/mol. The number of fused-ring (bicyclic) bond motifs is 2. The van der Waals surface area contributed by atoms with Gasteiger partial charge in [0.25, 0.3) is 5.91 Å². The number of amidine groups is 1. The summed E-state index contributed by atoms with van der Waals surface area (Å²) in [6, 6.07) is 9.58. The third kappa shape index (κ3) is 3.84. The van der Waals surface area contributed by atoms with Crippen LogP contribution in [0.15, 0.2) is 57.3 Å². The molecule has 0 spiro atoms. The van der Waals surface area contributed by atoms with Crippen molar-refractivity contribution in [2.24, 2.45) is 10.1 Å². The Morgan fingerprint density at radius 2 is 2.18 bits per heavy atom. The second-order valence-corrected chi connectivity index (χ2v) is 8.56. The maximum atomic E-state index is 13.0. The number of pyridine rings is 1. The molecule has 28 heavy (non-hydrogen) atoms. The Morgan fingerprint density at radius 1 is 1.29 bits per heavy atom. The van der Waals surface area contributed by atoms with Crippen LogP contribution in [0, 0.1) is 0 Å². The molecular weight excluding hydrogens is 438 g/mol. The lowest BCUT2D eigenvalue weighted by Gasteiger charge is -2.34. The largest absolute Gasteiger partial charge is 0.298 e. The van der Waals surface area contributed by atoms with E-state index in [0.29, 0.717) is 10.9 Å². The highest BCUT2D eigenvalue weighted by molar-refractivity contribution is 9.10. The molecule has 8 heteroatoms. The Kier molecular flexibility index (Phi) is 5.77. The van der Waals surface area contributed by atoms with Gasteiger partial charge in [-0.25, -0.2) is 5.01 Å². The van der Waals surface area contributed by atoms with Crippen LogP contribution in [-0.2, 0) is 4.79 Å². The molecule has 4 rings (SSSR count). The van der Waals surface area contributed by atoms with Crippen LogP contribution < -0.4 is 15.9 Å². The third-order valence-corrected chi connectivity index (χ3v) is 5.98. The topological polar surface area (TPSA) is 70.0 Å². The minimum Gasteiger partial charge on any atom is -0.298 e. The molecular formula is C20H20BrN5OS. The van der Waals surface area contributed by atoms with Crippen LogP contribution >= 0.6 is 27.7 Å². The molecule has 1 aromatic carbocycles. The van der Waals surface area contributed by atoms with E-state index in [-0.39, 0.29) is 5.91 Å². The van der Waals surface area contributed by atoms with Gasteiger partial charge >= 0.3 is 0 Å². The Labute approximate surface area is 176 Å². The Hall–Kier alpha value is -2.19. The zero-order valence-electron chi connectivity index (χ0n) is 15.4. The van der Waals surface area contributed by atoms with Crippen molar-refractivity contribution in [3.8, 4) is 0 Å². The zero-order chi connectivity index (χ0) is 19.5. The van der Waals surface area contributed by atoms with Gasteiger partial charge < -0.3 is 0 Å². The molecule has 0 saturated carbocycles. The highest BCUT2D eigenvalue weighted by atomic mass is 79.9. The van der Waals surface area contributed by atoms with Gasteiger partial charge in [-0.2, -0.15) is 0 Å². The summed E-state index contributed by atoms with van der Waals surface area (Å²) in [5, 5.41) is 11.6. The number of hydrogen-bond acceptors (Lipinski definition) is 6. The molecule has 0 saturated heterocycles. The lowest BCUT2D eigenvalue weighted by molar-refractivity contribution is -0.116. The van der Waals surface area contributed by atoms with Crippen molar-refractivity contribution in [2.45, 2.75) is 32.4 Å². The number of halogens is 1. The van der Waals surface area contributed by atoms with Crippen molar-refractivity contribution in [2.75, 3.05) is 5.75 Å². The highest BCUT2D eigenvalue weighted by Gasteiger charge is 2.34. The van der Waals surface area contributed by atoms with Crippen LogP contribution in [0.4, 0.5) is 0 Å². The van der Waals surface area contributed by atoms with Gasteiger partial charge in [-0.05, 0) is 30.7 Å². The van der Waals surface area contributed by atoms with Crippen LogP contribution in [0.1, 0.15) is 37.9 Å². The van der Waals surface area contributed by atoms with Crippen LogP contribution in [-0.4, -0.2) is 26.8 Å². The minimum absolute atomic E-state index is 0.156. The van der Waals surface area contributed by atoms with Crippen molar-refractivity contribution in [1.82, 2.24) is 15.3 Å². The predicted octanol–water partition coefficient (Wildman–Crippen LogP) is 2.91. The first-order valence-corrected chi connectivity index (χ1v) is 11.0. The first-order valence-electron chi connectivity index (χ1n) is 9.27. The van der Waals surface area contributed by atoms with Crippen molar-refractivity contribution >= 4 is 44.5 Å². The molecule has 2 aliphatic rings. The SMILES string of the molecule is CCCCCSC1=NN2C(=c3cc(Br)ccc3=NC2c2cccnc2)C(=O)N1.